The van der Waals surface area contributed by atoms with E-state index in [2.05, 4.69) is 5.32 Å². The van der Waals surface area contributed by atoms with Gasteiger partial charge in [0.25, 0.3) is 0 Å². The van der Waals surface area contributed by atoms with E-state index in [1.54, 1.807) is 0 Å². The second-order valence-electron chi connectivity index (χ2n) is 4.88. The Kier molecular flexibility index (Phi) is 3.75. The molecule has 0 spiro atoms. The number of thiophene rings is 1. The van der Waals surface area contributed by atoms with E-state index < -0.39 is 29.3 Å². The van der Waals surface area contributed by atoms with Gasteiger partial charge >= 0.3 is 6.03 Å². The number of hydrogen-bond acceptors (Lipinski definition) is 5. The monoisotopic (exact) mass is 348 g/mol. The number of fused-ring (bicyclic) bond motifs is 1. The van der Waals surface area contributed by atoms with Crippen LogP contribution >= 0.6 is 22.9 Å². The lowest BCUT2D eigenvalue weighted by Crippen LogP contribution is -2.26. The van der Waals surface area contributed by atoms with E-state index >= 15 is 0 Å². The normalized spacial score (nSPS) is 16.3. The number of hydrogen-bond donors (Lipinski definition) is 2. The Balaban J connectivity index is 2.04. The quantitative estimate of drug-likeness (QED) is 0.657. The summed E-state index contributed by atoms with van der Waals surface area (Å²) in [6.45, 7) is 0. The average Bonchev–Trinajstić information content (AvgIpc) is 3.02. The molecule has 0 saturated carbocycles. The van der Waals surface area contributed by atoms with Crippen molar-refractivity contribution < 1.29 is 19.2 Å². The number of nitrogens with one attached hydrogen (secondary N) is 1. The second kappa shape index (κ2) is 5.60. The number of rotatable bonds is 3. The number of urea groups is 1. The number of halogens is 1. The Labute approximate surface area is 139 Å². The fourth-order valence-electron chi connectivity index (χ4n) is 2.52. The molecule has 0 bridgehead atoms. The van der Waals surface area contributed by atoms with E-state index in [0.717, 1.165) is 11.3 Å². The molecule has 6 nitrogen and oxygen atoms in total. The molecule has 3 N–H and O–H groups in total. The number of benzene rings is 1. The molecule has 1 unspecified atom stereocenters. The van der Waals surface area contributed by atoms with Crippen LogP contribution < -0.4 is 11.1 Å². The van der Waals surface area contributed by atoms with E-state index in [0.29, 0.717) is 4.34 Å². The summed E-state index contributed by atoms with van der Waals surface area (Å²) in [4.78, 5) is 48.5. The minimum atomic E-state index is -1.45. The van der Waals surface area contributed by atoms with Crippen molar-refractivity contribution in [1.29, 1.82) is 0 Å². The van der Waals surface area contributed by atoms with Gasteiger partial charge in [-0.15, -0.1) is 11.3 Å². The lowest BCUT2D eigenvalue weighted by molar-refractivity contribution is 0.0757. The highest BCUT2D eigenvalue weighted by Gasteiger charge is 2.45. The molecular weight excluding hydrogens is 340 g/mol. The van der Waals surface area contributed by atoms with Gasteiger partial charge in [0.15, 0.2) is 17.3 Å². The van der Waals surface area contributed by atoms with Crippen LogP contribution in [0.25, 0.3) is 0 Å². The highest BCUT2D eigenvalue weighted by molar-refractivity contribution is 7.14. The topological polar surface area (TPSA) is 106 Å². The van der Waals surface area contributed by atoms with Crippen LogP contribution in [0, 0.1) is 5.92 Å². The highest BCUT2D eigenvalue weighted by Crippen LogP contribution is 2.35. The van der Waals surface area contributed by atoms with E-state index in [1.807, 2.05) is 0 Å². The molecular formula is C15H9ClN2O4S. The van der Waals surface area contributed by atoms with Crippen LogP contribution in [-0.2, 0) is 0 Å². The van der Waals surface area contributed by atoms with Crippen molar-refractivity contribution in [3.63, 3.8) is 0 Å². The second-order valence-corrected chi connectivity index (χ2v) is 6.43. The van der Waals surface area contributed by atoms with Crippen LogP contribution in [-0.4, -0.2) is 23.4 Å². The standard InChI is InChI=1S/C15H9ClN2O4S/c16-9-4-6(5-23-9)12(19)11-13(20)7-2-1-3-8(18-15(17)22)10(7)14(11)21/h1-5,11H,(H3,17,18,22). The van der Waals surface area contributed by atoms with Crippen LogP contribution in [0.1, 0.15) is 31.1 Å². The van der Waals surface area contributed by atoms with E-state index in [1.165, 1.54) is 29.6 Å². The van der Waals surface area contributed by atoms with Gasteiger partial charge in [0, 0.05) is 16.5 Å². The first kappa shape index (κ1) is 15.4. The number of amides is 2. The zero-order chi connectivity index (χ0) is 16.7. The largest absolute Gasteiger partial charge is 0.351 e. The fraction of sp³-hybridized carbons (Fsp3) is 0.0667. The molecule has 23 heavy (non-hydrogen) atoms. The van der Waals surface area contributed by atoms with Gasteiger partial charge in [-0.2, -0.15) is 0 Å². The summed E-state index contributed by atoms with van der Waals surface area (Å²) in [6.07, 6.45) is 0. The molecule has 1 aliphatic carbocycles. The Morgan fingerprint density at radius 3 is 2.57 bits per heavy atom. The van der Waals surface area contributed by atoms with Crippen molar-refractivity contribution >= 4 is 52.0 Å². The van der Waals surface area contributed by atoms with E-state index in [4.69, 9.17) is 17.3 Å². The summed E-state index contributed by atoms with van der Waals surface area (Å²) in [5, 5.41) is 3.79. The first-order valence-corrected chi connectivity index (χ1v) is 7.72. The van der Waals surface area contributed by atoms with Crippen LogP contribution in [0.2, 0.25) is 4.34 Å². The van der Waals surface area contributed by atoms with Gasteiger partial charge in [-0.25, -0.2) is 4.79 Å². The molecule has 1 aromatic carbocycles. The predicted molar refractivity (Wildman–Crippen MR) is 85.5 cm³/mol. The van der Waals surface area contributed by atoms with Gasteiger partial charge in [-0.1, -0.05) is 23.7 Å². The summed E-state index contributed by atoms with van der Waals surface area (Å²) in [5.41, 5.74) is 5.50. The minimum Gasteiger partial charge on any atom is -0.351 e. The predicted octanol–water partition coefficient (Wildman–Crippen LogP) is 2.77. The molecule has 2 aromatic rings. The fourth-order valence-corrected chi connectivity index (χ4v) is 3.39. The van der Waals surface area contributed by atoms with Crippen molar-refractivity contribution in [2.45, 2.75) is 0 Å². The zero-order valence-electron chi connectivity index (χ0n) is 11.5. The van der Waals surface area contributed by atoms with Gasteiger partial charge in [-0.05, 0) is 12.1 Å². The van der Waals surface area contributed by atoms with Crippen molar-refractivity contribution in [2.75, 3.05) is 5.32 Å². The third kappa shape index (κ3) is 2.54. The number of primary amides is 1. The van der Waals surface area contributed by atoms with Gasteiger partial charge in [0.2, 0.25) is 0 Å². The Bertz CT molecular complexity index is 874. The minimum absolute atomic E-state index is 0.0102. The molecule has 0 saturated heterocycles. The van der Waals surface area contributed by atoms with Crippen LogP contribution in [0.15, 0.2) is 29.6 Å². The summed E-state index contributed by atoms with van der Waals surface area (Å²) < 4.78 is 0.389. The maximum atomic E-state index is 12.6. The van der Waals surface area contributed by atoms with Gasteiger partial charge in [0.05, 0.1) is 15.6 Å². The third-order valence-corrected chi connectivity index (χ3v) is 4.56. The molecule has 3 rings (SSSR count). The molecule has 116 valence electrons. The molecule has 1 atom stereocenters. The number of anilines is 1. The highest BCUT2D eigenvalue weighted by atomic mass is 35.5. The molecule has 1 heterocycles. The van der Waals surface area contributed by atoms with Crippen molar-refractivity contribution in [3.8, 4) is 0 Å². The summed E-state index contributed by atoms with van der Waals surface area (Å²) in [7, 11) is 0. The van der Waals surface area contributed by atoms with Crippen LogP contribution in [0.4, 0.5) is 10.5 Å². The maximum absolute atomic E-state index is 12.6. The number of Topliss-reactive ketones (excluding diaryl/α,β-unsaturated/α-hetero) is 3. The maximum Gasteiger partial charge on any atom is 0.316 e. The summed E-state index contributed by atoms with van der Waals surface area (Å²) >= 11 is 6.93. The van der Waals surface area contributed by atoms with Crippen LogP contribution in [0.3, 0.4) is 0 Å². The zero-order valence-corrected chi connectivity index (χ0v) is 13.0. The Morgan fingerprint density at radius 1 is 1.22 bits per heavy atom. The van der Waals surface area contributed by atoms with E-state index in [-0.39, 0.29) is 22.4 Å². The molecule has 0 radical (unpaired) electrons. The first-order valence-electron chi connectivity index (χ1n) is 6.46. The van der Waals surface area contributed by atoms with Crippen molar-refractivity contribution in [1.82, 2.24) is 0 Å². The first-order chi connectivity index (χ1) is 10.9. The molecule has 1 aliphatic rings. The van der Waals surface area contributed by atoms with Crippen molar-refractivity contribution in [3.05, 3.63) is 50.7 Å². The Hall–Kier alpha value is -2.51. The molecule has 0 aliphatic heterocycles. The van der Waals surface area contributed by atoms with Crippen LogP contribution in [0.5, 0.6) is 0 Å². The van der Waals surface area contributed by atoms with E-state index in [9.17, 15) is 19.2 Å². The molecule has 1 aromatic heterocycles. The van der Waals surface area contributed by atoms with Gasteiger partial charge in [0.1, 0.15) is 5.92 Å². The number of carbonyl (C=O) groups is 4. The SMILES string of the molecule is NC(=O)Nc1cccc2c1C(=O)C(C(=O)c1csc(Cl)c1)C2=O. The molecule has 0 fully saturated rings. The molecule has 8 heteroatoms. The number of ketones is 3. The Morgan fingerprint density at radius 2 is 1.96 bits per heavy atom. The lowest BCUT2D eigenvalue weighted by Gasteiger charge is -2.06. The number of nitrogens with two attached hydrogens (primary N) is 1. The van der Waals surface area contributed by atoms with Gasteiger partial charge < -0.3 is 11.1 Å². The summed E-state index contributed by atoms with van der Waals surface area (Å²) in [6, 6.07) is 4.95. The third-order valence-electron chi connectivity index (χ3n) is 3.47. The van der Waals surface area contributed by atoms with Crippen molar-refractivity contribution in [2.24, 2.45) is 11.7 Å². The number of carbonyl (C=O) groups excluding carboxylic acids is 4. The average molecular weight is 349 g/mol. The lowest BCUT2D eigenvalue weighted by atomic mass is 9.95. The smallest absolute Gasteiger partial charge is 0.316 e. The van der Waals surface area contributed by atoms with Gasteiger partial charge in [-0.3, -0.25) is 14.4 Å². The summed E-state index contributed by atoms with van der Waals surface area (Å²) in [5.74, 6) is -3.30. The molecule has 2 amide bonds.